The van der Waals surface area contributed by atoms with E-state index in [1.165, 1.54) is 4.31 Å². The molecule has 0 aromatic heterocycles. The zero-order valence-corrected chi connectivity index (χ0v) is 15.5. The number of hydrogen-bond donors (Lipinski definition) is 1. The Balaban J connectivity index is 0.00000208. The van der Waals surface area contributed by atoms with Gasteiger partial charge in [0.15, 0.2) is 0 Å². The molecule has 2 aromatic rings. The molecule has 2 aromatic carbocycles. The van der Waals surface area contributed by atoms with E-state index in [-0.39, 0.29) is 24.4 Å². The third-order valence-corrected chi connectivity index (χ3v) is 6.49. The van der Waals surface area contributed by atoms with Crippen molar-refractivity contribution in [3.05, 3.63) is 65.2 Å². The van der Waals surface area contributed by atoms with Crippen LogP contribution in [-0.4, -0.2) is 31.9 Å². The predicted molar refractivity (Wildman–Crippen MR) is 99.1 cm³/mol. The lowest BCUT2D eigenvalue weighted by molar-refractivity contribution is 0.469. The second-order valence-corrected chi connectivity index (χ2v) is 8.18. The molecular weight excluding hydrogens is 344 g/mol. The van der Waals surface area contributed by atoms with E-state index in [1.54, 1.807) is 6.07 Å². The maximum absolute atomic E-state index is 13.0. The molecule has 1 heterocycles. The Morgan fingerprint density at radius 2 is 1.71 bits per heavy atom. The largest absolute Gasteiger partial charge is 0.326 e. The van der Waals surface area contributed by atoms with Crippen molar-refractivity contribution in [2.45, 2.75) is 30.7 Å². The van der Waals surface area contributed by atoms with E-state index in [0.717, 1.165) is 16.7 Å². The number of aryl methyl sites for hydroxylation is 2. The van der Waals surface area contributed by atoms with Gasteiger partial charge in [-0.1, -0.05) is 42.5 Å². The first-order valence-electron chi connectivity index (χ1n) is 7.77. The van der Waals surface area contributed by atoms with Crippen molar-refractivity contribution in [3.8, 4) is 0 Å². The first-order valence-corrected chi connectivity index (χ1v) is 9.21. The lowest BCUT2D eigenvalue weighted by Crippen LogP contribution is -2.32. The summed E-state index contributed by atoms with van der Waals surface area (Å²) in [6.07, 6.45) is 0. The molecule has 0 aliphatic carbocycles. The van der Waals surface area contributed by atoms with Gasteiger partial charge in [-0.15, -0.1) is 12.4 Å². The van der Waals surface area contributed by atoms with Gasteiger partial charge in [0.25, 0.3) is 0 Å². The molecule has 0 unspecified atom stereocenters. The quantitative estimate of drug-likeness (QED) is 0.908. The highest BCUT2D eigenvalue weighted by atomic mass is 35.5. The van der Waals surface area contributed by atoms with Crippen molar-refractivity contribution < 1.29 is 8.42 Å². The summed E-state index contributed by atoms with van der Waals surface area (Å²) in [6.45, 7) is 4.52. The Hall–Kier alpha value is -1.40. The van der Waals surface area contributed by atoms with E-state index < -0.39 is 10.0 Å². The number of rotatable bonds is 3. The van der Waals surface area contributed by atoms with Crippen LogP contribution in [0.3, 0.4) is 0 Å². The maximum atomic E-state index is 13.0. The minimum Gasteiger partial charge on any atom is -0.326 e. The van der Waals surface area contributed by atoms with Crippen molar-refractivity contribution >= 4 is 22.4 Å². The molecule has 0 spiro atoms. The Bertz CT molecular complexity index is 809. The summed E-state index contributed by atoms with van der Waals surface area (Å²) < 4.78 is 27.5. The van der Waals surface area contributed by atoms with Crippen LogP contribution in [0, 0.1) is 13.8 Å². The van der Waals surface area contributed by atoms with E-state index in [0.29, 0.717) is 18.0 Å². The number of hydrogen-bond acceptors (Lipinski definition) is 3. The van der Waals surface area contributed by atoms with Crippen molar-refractivity contribution in [2.24, 2.45) is 5.73 Å². The molecule has 0 amide bonds. The molecule has 3 rings (SSSR count). The van der Waals surface area contributed by atoms with Crippen LogP contribution in [0.15, 0.2) is 53.4 Å². The van der Waals surface area contributed by atoms with E-state index in [2.05, 4.69) is 0 Å². The minimum absolute atomic E-state index is 0. The Kier molecular flexibility index (Phi) is 5.71. The zero-order chi connectivity index (χ0) is 16.6. The first kappa shape index (κ1) is 18.9. The Morgan fingerprint density at radius 3 is 2.38 bits per heavy atom. The lowest BCUT2D eigenvalue weighted by Gasteiger charge is -2.18. The molecule has 1 aliphatic heterocycles. The lowest BCUT2D eigenvalue weighted by atomic mass is 9.95. The highest BCUT2D eigenvalue weighted by Gasteiger charge is 2.38. The van der Waals surface area contributed by atoms with Gasteiger partial charge >= 0.3 is 0 Å². The molecule has 0 bridgehead atoms. The third-order valence-electron chi connectivity index (χ3n) is 4.52. The molecule has 0 radical (unpaired) electrons. The number of halogens is 1. The van der Waals surface area contributed by atoms with Crippen LogP contribution >= 0.6 is 12.4 Å². The van der Waals surface area contributed by atoms with E-state index in [1.807, 2.05) is 56.3 Å². The van der Waals surface area contributed by atoms with Crippen molar-refractivity contribution in [1.82, 2.24) is 4.31 Å². The SMILES string of the molecule is Cc1ccc(C)c(S(=O)(=O)N2C[C@@H](N)[C@H](c3ccccc3)C2)c1.Cl. The van der Waals surface area contributed by atoms with Crippen LogP contribution in [0.1, 0.15) is 22.6 Å². The van der Waals surface area contributed by atoms with Crippen LogP contribution in [-0.2, 0) is 10.0 Å². The van der Waals surface area contributed by atoms with E-state index in [9.17, 15) is 8.42 Å². The summed E-state index contributed by atoms with van der Waals surface area (Å²) >= 11 is 0. The molecular formula is C18H23ClN2O2S. The standard InChI is InChI=1S/C18H22N2O2S.ClH/c1-13-8-9-14(2)18(10-13)23(21,22)20-11-16(17(19)12-20)15-6-4-3-5-7-15;/h3-10,16-17H,11-12,19H2,1-2H3;1H/t16-,17+;/m0./s1. The molecule has 1 saturated heterocycles. The predicted octanol–water partition coefficient (Wildman–Crippen LogP) is 2.84. The number of benzene rings is 2. The fraction of sp³-hybridized carbons (Fsp3) is 0.333. The smallest absolute Gasteiger partial charge is 0.243 e. The number of nitrogens with two attached hydrogens (primary N) is 1. The van der Waals surface area contributed by atoms with E-state index in [4.69, 9.17) is 5.73 Å². The fourth-order valence-corrected chi connectivity index (χ4v) is 4.98. The van der Waals surface area contributed by atoms with Crippen LogP contribution in [0.5, 0.6) is 0 Å². The molecule has 2 atom stereocenters. The number of nitrogens with zero attached hydrogens (tertiary/aromatic N) is 1. The first-order chi connectivity index (χ1) is 10.9. The van der Waals surface area contributed by atoms with Gasteiger partial charge in [0.05, 0.1) is 4.90 Å². The van der Waals surface area contributed by atoms with Gasteiger partial charge in [-0.2, -0.15) is 4.31 Å². The molecule has 2 N–H and O–H groups in total. The monoisotopic (exact) mass is 366 g/mol. The van der Waals surface area contributed by atoms with Gasteiger partial charge < -0.3 is 5.73 Å². The van der Waals surface area contributed by atoms with Crippen LogP contribution in [0.4, 0.5) is 0 Å². The molecule has 0 saturated carbocycles. The normalized spacial score (nSPS) is 21.5. The van der Waals surface area contributed by atoms with Gasteiger partial charge in [-0.25, -0.2) is 8.42 Å². The second-order valence-electron chi connectivity index (χ2n) is 6.27. The van der Waals surface area contributed by atoms with E-state index >= 15 is 0 Å². The average Bonchev–Trinajstić information content (AvgIpc) is 2.93. The van der Waals surface area contributed by atoms with Gasteiger partial charge in [0, 0.05) is 25.0 Å². The summed E-state index contributed by atoms with van der Waals surface area (Å²) in [7, 11) is -3.51. The molecule has 130 valence electrons. The summed E-state index contributed by atoms with van der Waals surface area (Å²) in [4.78, 5) is 0.387. The highest BCUT2D eigenvalue weighted by Crippen LogP contribution is 2.31. The van der Waals surface area contributed by atoms with Gasteiger partial charge in [0.1, 0.15) is 0 Å². The topological polar surface area (TPSA) is 63.4 Å². The van der Waals surface area contributed by atoms with Crippen LogP contribution in [0.25, 0.3) is 0 Å². The second kappa shape index (κ2) is 7.23. The van der Waals surface area contributed by atoms with Crippen molar-refractivity contribution in [2.75, 3.05) is 13.1 Å². The van der Waals surface area contributed by atoms with Crippen molar-refractivity contribution in [3.63, 3.8) is 0 Å². The van der Waals surface area contributed by atoms with Gasteiger partial charge in [-0.3, -0.25) is 0 Å². The average molecular weight is 367 g/mol. The zero-order valence-electron chi connectivity index (χ0n) is 13.8. The summed E-state index contributed by atoms with van der Waals surface area (Å²) in [5.74, 6) is 0.0380. The molecule has 1 aliphatic rings. The molecule has 4 nitrogen and oxygen atoms in total. The van der Waals surface area contributed by atoms with Gasteiger partial charge in [-0.05, 0) is 36.6 Å². The maximum Gasteiger partial charge on any atom is 0.243 e. The van der Waals surface area contributed by atoms with Crippen LogP contribution < -0.4 is 5.73 Å². The Labute approximate surface area is 150 Å². The van der Waals surface area contributed by atoms with Crippen molar-refractivity contribution in [1.29, 1.82) is 0 Å². The Morgan fingerprint density at radius 1 is 1.04 bits per heavy atom. The summed E-state index contributed by atoms with van der Waals surface area (Å²) in [5.41, 5.74) is 9.05. The number of sulfonamides is 1. The molecule has 1 fully saturated rings. The third kappa shape index (κ3) is 3.49. The molecule has 6 heteroatoms. The summed E-state index contributed by atoms with van der Waals surface area (Å²) in [5, 5.41) is 0. The van der Waals surface area contributed by atoms with Gasteiger partial charge in [0.2, 0.25) is 10.0 Å². The fourth-order valence-electron chi connectivity index (χ4n) is 3.17. The minimum atomic E-state index is -3.51. The molecule has 24 heavy (non-hydrogen) atoms. The summed E-state index contributed by atoms with van der Waals surface area (Å²) in [6, 6.07) is 15.2. The highest BCUT2D eigenvalue weighted by molar-refractivity contribution is 7.89. The van der Waals surface area contributed by atoms with Crippen LogP contribution in [0.2, 0.25) is 0 Å².